The van der Waals surface area contributed by atoms with Crippen LogP contribution >= 0.6 is 0 Å². The summed E-state index contributed by atoms with van der Waals surface area (Å²) in [5.41, 5.74) is 2.59. The molecule has 0 heterocycles. The van der Waals surface area contributed by atoms with Crippen molar-refractivity contribution < 1.29 is 9.90 Å². The molecule has 1 saturated carbocycles. The Bertz CT molecular complexity index is 470. The molecule has 1 amide bonds. The van der Waals surface area contributed by atoms with Gasteiger partial charge in [-0.15, -0.1) is 0 Å². The highest BCUT2D eigenvalue weighted by Crippen LogP contribution is 2.29. The minimum atomic E-state index is -1.13. The highest BCUT2D eigenvalue weighted by molar-refractivity contribution is 5.85. The Kier molecular flexibility index (Phi) is 4.48. The number of nitrogens with one attached hydrogen (secondary N) is 1. The molecule has 3 heteroatoms. The van der Waals surface area contributed by atoms with Crippen LogP contribution in [0.5, 0.6) is 0 Å². The number of rotatable bonds is 4. The van der Waals surface area contributed by atoms with Crippen LogP contribution in [0, 0.1) is 13.8 Å². The Hall–Kier alpha value is -1.35. The van der Waals surface area contributed by atoms with Crippen LogP contribution in [0.25, 0.3) is 0 Å². The third kappa shape index (κ3) is 3.60. The van der Waals surface area contributed by atoms with Crippen LogP contribution in [-0.4, -0.2) is 22.7 Å². The van der Waals surface area contributed by atoms with E-state index in [-0.39, 0.29) is 11.9 Å². The lowest BCUT2D eigenvalue weighted by Gasteiger charge is -2.24. The first kappa shape index (κ1) is 15.0. The molecule has 1 fully saturated rings. The second-order valence-electron chi connectivity index (χ2n) is 6.31. The van der Waals surface area contributed by atoms with Crippen LogP contribution in [0.3, 0.4) is 0 Å². The van der Waals surface area contributed by atoms with Crippen LogP contribution < -0.4 is 5.32 Å². The number of aliphatic hydroxyl groups is 1. The van der Waals surface area contributed by atoms with Crippen molar-refractivity contribution in [2.24, 2.45) is 0 Å². The highest BCUT2D eigenvalue weighted by atomic mass is 16.3. The summed E-state index contributed by atoms with van der Waals surface area (Å²) in [6, 6.07) is 6.49. The summed E-state index contributed by atoms with van der Waals surface area (Å²) in [5.74, 6) is -0.202. The Labute approximate surface area is 121 Å². The first-order valence-corrected chi connectivity index (χ1v) is 7.49. The molecular formula is C17H25NO2. The average molecular weight is 275 g/mol. The SMILES string of the molecule is Cc1cc(C)cc(C[C@H](C)NC(=O)C2(O)CCCC2)c1. The van der Waals surface area contributed by atoms with Crippen molar-refractivity contribution in [1.82, 2.24) is 5.32 Å². The zero-order valence-corrected chi connectivity index (χ0v) is 12.7. The summed E-state index contributed by atoms with van der Waals surface area (Å²) in [4.78, 5) is 12.1. The molecule has 0 spiro atoms. The fourth-order valence-corrected chi connectivity index (χ4v) is 3.14. The number of benzene rings is 1. The van der Waals surface area contributed by atoms with E-state index in [4.69, 9.17) is 0 Å². The third-order valence-electron chi connectivity index (χ3n) is 4.05. The average Bonchev–Trinajstić information content (AvgIpc) is 2.75. The lowest BCUT2D eigenvalue weighted by Crippen LogP contribution is -2.48. The van der Waals surface area contributed by atoms with Gasteiger partial charge < -0.3 is 10.4 Å². The van der Waals surface area contributed by atoms with Gasteiger partial charge in [-0.25, -0.2) is 0 Å². The summed E-state index contributed by atoms with van der Waals surface area (Å²) >= 11 is 0. The number of amides is 1. The van der Waals surface area contributed by atoms with Gasteiger partial charge >= 0.3 is 0 Å². The van der Waals surface area contributed by atoms with Gasteiger partial charge in [-0.05, 0) is 58.4 Å². The van der Waals surface area contributed by atoms with E-state index in [1.165, 1.54) is 16.7 Å². The summed E-state index contributed by atoms with van der Waals surface area (Å²) in [6.45, 7) is 6.16. The number of carbonyl (C=O) groups is 1. The topological polar surface area (TPSA) is 49.3 Å². The summed E-state index contributed by atoms with van der Waals surface area (Å²) in [6.07, 6.45) is 3.86. The molecule has 0 aromatic heterocycles. The number of aryl methyl sites for hydroxylation is 2. The standard InChI is InChI=1S/C17H25NO2/c1-12-8-13(2)10-15(9-12)11-14(3)18-16(19)17(20)6-4-5-7-17/h8-10,14,20H,4-7,11H2,1-3H3,(H,18,19)/t14-/m0/s1. The second-order valence-corrected chi connectivity index (χ2v) is 6.31. The van der Waals surface area contributed by atoms with Gasteiger partial charge in [0, 0.05) is 6.04 Å². The molecule has 0 radical (unpaired) electrons. The molecule has 3 nitrogen and oxygen atoms in total. The lowest BCUT2D eigenvalue weighted by molar-refractivity contribution is -0.139. The Morgan fingerprint density at radius 2 is 1.80 bits per heavy atom. The zero-order chi connectivity index (χ0) is 14.8. The van der Waals surface area contributed by atoms with E-state index in [9.17, 15) is 9.90 Å². The van der Waals surface area contributed by atoms with Crippen LogP contribution in [0.15, 0.2) is 18.2 Å². The van der Waals surface area contributed by atoms with Crippen molar-refractivity contribution in [3.63, 3.8) is 0 Å². The molecule has 1 aromatic carbocycles. The van der Waals surface area contributed by atoms with Gasteiger partial charge in [0.1, 0.15) is 5.60 Å². The van der Waals surface area contributed by atoms with E-state index in [0.29, 0.717) is 12.8 Å². The number of carbonyl (C=O) groups excluding carboxylic acids is 1. The molecule has 0 aliphatic heterocycles. The van der Waals surface area contributed by atoms with Gasteiger partial charge in [-0.3, -0.25) is 4.79 Å². The fourth-order valence-electron chi connectivity index (χ4n) is 3.14. The van der Waals surface area contributed by atoms with Crippen LogP contribution in [0.1, 0.15) is 49.3 Å². The molecule has 20 heavy (non-hydrogen) atoms. The molecule has 110 valence electrons. The van der Waals surface area contributed by atoms with E-state index in [0.717, 1.165) is 19.3 Å². The minimum absolute atomic E-state index is 0.0355. The normalized spacial score (nSPS) is 18.8. The van der Waals surface area contributed by atoms with E-state index in [2.05, 4.69) is 37.4 Å². The maximum atomic E-state index is 12.1. The van der Waals surface area contributed by atoms with Crippen molar-refractivity contribution in [3.05, 3.63) is 34.9 Å². The van der Waals surface area contributed by atoms with Crippen molar-refractivity contribution >= 4 is 5.91 Å². The van der Waals surface area contributed by atoms with Gasteiger partial charge in [0.15, 0.2) is 0 Å². The molecule has 0 unspecified atom stereocenters. The quantitative estimate of drug-likeness (QED) is 0.887. The zero-order valence-electron chi connectivity index (χ0n) is 12.7. The third-order valence-corrected chi connectivity index (χ3v) is 4.05. The first-order valence-electron chi connectivity index (χ1n) is 7.49. The van der Waals surface area contributed by atoms with Gasteiger partial charge in [0.05, 0.1) is 0 Å². The molecule has 1 aliphatic carbocycles. The molecule has 0 bridgehead atoms. The van der Waals surface area contributed by atoms with Crippen LogP contribution in [0.2, 0.25) is 0 Å². The Morgan fingerprint density at radius 3 is 2.35 bits per heavy atom. The van der Waals surface area contributed by atoms with Crippen molar-refractivity contribution in [3.8, 4) is 0 Å². The summed E-state index contributed by atoms with van der Waals surface area (Å²) in [5, 5.41) is 13.2. The summed E-state index contributed by atoms with van der Waals surface area (Å²) in [7, 11) is 0. The van der Waals surface area contributed by atoms with E-state index < -0.39 is 5.60 Å². The van der Waals surface area contributed by atoms with E-state index in [1.807, 2.05) is 6.92 Å². The van der Waals surface area contributed by atoms with Gasteiger partial charge in [0.2, 0.25) is 0 Å². The van der Waals surface area contributed by atoms with Gasteiger partial charge in [0.25, 0.3) is 5.91 Å². The van der Waals surface area contributed by atoms with Crippen LogP contribution in [-0.2, 0) is 11.2 Å². The number of hydrogen-bond acceptors (Lipinski definition) is 2. The Balaban J connectivity index is 1.95. The van der Waals surface area contributed by atoms with Gasteiger partial charge in [-0.1, -0.05) is 29.3 Å². The predicted octanol–water partition coefficient (Wildman–Crippen LogP) is 2.66. The summed E-state index contributed by atoms with van der Waals surface area (Å²) < 4.78 is 0. The van der Waals surface area contributed by atoms with E-state index >= 15 is 0 Å². The molecule has 1 aromatic rings. The predicted molar refractivity (Wildman–Crippen MR) is 80.6 cm³/mol. The molecule has 1 aliphatic rings. The minimum Gasteiger partial charge on any atom is -0.380 e. The fraction of sp³-hybridized carbons (Fsp3) is 0.588. The van der Waals surface area contributed by atoms with Crippen molar-refractivity contribution in [1.29, 1.82) is 0 Å². The monoisotopic (exact) mass is 275 g/mol. The van der Waals surface area contributed by atoms with Crippen LogP contribution in [0.4, 0.5) is 0 Å². The maximum absolute atomic E-state index is 12.1. The van der Waals surface area contributed by atoms with Gasteiger partial charge in [-0.2, -0.15) is 0 Å². The molecule has 2 rings (SSSR count). The molecule has 0 saturated heterocycles. The molecule has 2 N–H and O–H groups in total. The smallest absolute Gasteiger partial charge is 0.252 e. The first-order chi connectivity index (χ1) is 9.39. The Morgan fingerprint density at radius 1 is 1.25 bits per heavy atom. The largest absolute Gasteiger partial charge is 0.380 e. The molecular weight excluding hydrogens is 250 g/mol. The van der Waals surface area contributed by atoms with E-state index in [1.54, 1.807) is 0 Å². The molecule has 1 atom stereocenters. The highest BCUT2D eigenvalue weighted by Gasteiger charge is 2.39. The second kappa shape index (κ2) is 5.96. The van der Waals surface area contributed by atoms with Crippen molar-refractivity contribution in [2.45, 2.75) is 64.5 Å². The lowest BCUT2D eigenvalue weighted by atomic mass is 9.99. The number of hydrogen-bond donors (Lipinski definition) is 2. The van der Waals surface area contributed by atoms with Crippen molar-refractivity contribution in [2.75, 3.05) is 0 Å². The maximum Gasteiger partial charge on any atom is 0.252 e.